The first-order valence-electron chi connectivity index (χ1n) is 8.36. The van der Waals surface area contributed by atoms with Crippen LogP contribution in [0.5, 0.6) is 0 Å². The van der Waals surface area contributed by atoms with Crippen molar-refractivity contribution >= 4 is 29.6 Å². The van der Waals surface area contributed by atoms with Crippen LogP contribution in [-0.2, 0) is 23.1 Å². The molecule has 2 heterocycles. The maximum atomic E-state index is 12.7. The Balaban J connectivity index is 1.56. The Kier molecular flexibility index (Phi) is 5.45. The summed E-state index contributed by atoms with van der Waals surface area (Å²) in [5.41, 5.74) is 2.38. The predicted molar refractivity (Wildman–Crippen MR) is 98.4 cm³/mol. The summed E-state index contributed by atoms with van der Waals surface area (Å²) in [7, 11) is 1.76. The first-order valence-corrected chi connectivity index (χ1v) is 9.34. The summed E-state index contributed by atoms with van der Waals surface area (Å²) in [5, 5.41) is 11.6. The molecule has 142 valence electrons. The fraction of sp³-hybridized carbons (Fsp3) is 0.353. The number of imide groups is 1. The standard InChI is InChI=1S/C17H20N6O3S/c1-17(9-8-12-6-4-3-5-7-12)14(25)23(15(26)19-17)21-13(24)10-27-16-20-18-11-22(16)2/h3-7,11H,8-10H2,1-2H3,(H,19,26)(H,21,24)/t17-/m1/s1. The molecule has 27 heavy (non-hydrogen) atoms. The minimum absolute atomic E-state index is 0.00429. The molecule has 10 heteroatoms. The third-order valence-corrected chi connectivity index (χ3v) is 5.29. The SMILES string of the molecule is Cn1cnnc1SCC(=O)NN1C(=O)N[C@](C)(CCc2ccccc2)C1=O. The third-order valence-electron chi connectivity index (χ3n) is 4.26. The monoisotopic (exact) mass is 388 g/mol. The van der Waals surface area contributed by atoms with Crippen LogP contribution in [0.4, 0.5) is 4.79 Å². The van der Waals surface area contributed by atoms with Gasteiger partial charge in [0.1, 0.15) is 11.9 Å². The van der Waals surface area contributed by atoms with Gasteiger partial charge in [0.25, 0.3) is 5.91 Å². The van der Waals surface area contributed by atoms with E-state index >= 15 is 0 Å². The molecular weight excluding hydrogens is 368 g/mol. The number of benzene rings is 1. The maximum absolute atomic E-state index is 12.7. The summed E-state index contributed by atoms with van der Waals surface area (Å²) in [6.07, 6.45) is 2.59. The number of hydrazine groups is 1. The summed E-state index contributed by atoms with van der Waals surface area (Å²) in [5.74, 6) is -0.941. The van der Waals surface area contributed by atoms with Gasteiger partial charge in [-0.1, -0.05) is 42.1 Å². The van der Waals surface area contributed by atoms with Gasteiger partial charge in [0, 0.05) is 7.05 Å². The second-order valence-corrected chi connectivity index (χ2v) is 7.38. The van der Waals surface area contributed by atoms with E-state index in [1.807, 2.05) is 30.3 Å². The number of carbonyl (C=O) groups is 3. The maximum Gasteiger partial charge on any atom is 0.344 e. The number of thioether (sulfide) groups is 1. The van der Waals surface area contributed by atoms with Crippen molar-refractivity contribution in [3.63, 3.8) is 0 Å². The molecule has 0 aliphatic carbocycles. The number of hydrogen-bond donors (Lipinski definition) is 2. The highest BCUT2D eigenvalue weighted by atomic mass is 32.2. The zero-order valence-electron chi connectivity index (χ0n) is 15.0. The molecule has 3 rings (SSSR count). The molecule has 2 N–H and O–H groups in total. The van der Waals surface area contributed by atoms with Crippen LogP contribution in [0, 0.1) is 0 Å². The molecule has 1 atom stereocenters. The number of amides is 4. The summed E-state index contributed by atoms with van der Waals surface area (Å²) in [6.45, 7) is 1.66. The minimum Gasteiger partial charge on any atom is -0.322 e. The molecule has 1 fully saturated rings. The van der Waals surface area contributed by atoms with E-state index in [9.17, 15) is 14.4 Å². The largest absolute Gasteiger partial charge is 0.344 e. The Morgan fingerprint density at radius 2 is 2.04 bits per heavy atom. The van der Waals surface area contributed by atoms with Crippen molar-refractivity contribution < 1.29 is 14.4 Å². The quantitative estimate of drug-likeness (QED) is 0.538. The number of aromatic nitrogens is 3. The molecule has 9 nitrogen and oxygen atoms in total. The van der Waals surface area contributed by atoms with Gasteiger partial charge in [-0.05, 0) is 25.3 Å². The molecule has 4 amide bonds. The average molecular weight is 388 g/mol. The van der Waals surface area contributed by atoms with Crippen LogP contribution in [0.3, 0.4) is 0 Å². The fourth-order valence-electron chi connectivity index (χ4n) is 2.68. The molecule has 1 aromatic carbocycles. The van der Waals surface area contributed by atoms with E-state index in [2.05, 4.69) is 20.9 Å². The summed E-state index contributed by atoms with van der Waals surface area (Å²) >= 11 is 1.16. The third kappa shape index (κ3) is 4.27. The molecule has 1 saturated heterocycles. The Labute approximate surface area is 160 Å². The van der Waals surface area contributed by atoms with Gasteiger partial charge in [0.05, 0.1) is 5.75 Å². The smallest absolute Gasteiger partial charge is 0.322 e. The summed E-state index contributed by atoms with van der Waals surface area (Å²) in [4.78, 5) is 37.0. The average Bonchev–Trinajstić information content (AvgIpc) is 3.16. The topological polar surface area (TPSA) is 109 Å². The van der Waals surface area contributed by atoms with Gasteiger partial charge < -0.3 is 9.88 Å². The van der Waals surface area contributed by atoms with Gasteiger partial charge in [-0.2, -0.15) is 5.01 Å². The zero-order valence-corrected chi connectivity index (χ0v) is 15.8. The van der Waals surface area contributed by atoms with E-state index in [1.54, 1.807) is 18.5 Å². The molecule has 1 aliphatic rings. The van der Waals surface area contributed by atoms with Crippen LogP contribution < -0.4 is 10.7 Å². The predicted octanol–water partition coefficient (Wildman–Crippen LogP) is 0.882. The Hall–Kier alpha value is -2.88. The van der Waals surface area contributed by atoms with Crippen molar-refractivity contribution in [2.24, 2.45) is 7.05 Å². The number of hydrogen-bond acceptors (Lipinski definition) is 6. The number of nitrogens with one attached hydrogen (secondary N) is 2. The Morgan fingerprint density at radius 1 is 1.30 bits per heavy atom. The lowest BCUT2D eigenvalue weighted by Crippen LogP contribution is -2.49. The number of urea groups is 1. The number of carbonyl (C=O) groups excluding carboxylic acids is 3. The Bertz CT molecular complexity index is 855. The minimum atomic E-state index is -1.06. The molecule has 0 spiro atoms. The van der Waals surface area contributed by atoms with Crippen LogP contribution >= 0.6 is 11.8 Å². The van der Waals surface area contributed by atoms with Crippen LogP contribution in [0.2, 0.25) is 0 Å². The lowest BCUT2D eigenvalue weighted by molar-refractivity contribution is -0.138. The van der Waals surface area contributed by atoms with Crippen molar-refractivity contribution in [3.8, 4) is 0 Å². The molecular formula is C17H20N6O3S. The van der Waals surface area contributed by atoms with Gasteiger partial charge in [0.2, 0.25) is 5.91 Å². The second-order valence-electron chi connectivity index (χ2n) is 6.44. The normalized spacial score (nSPS) is 19.3. The zero-order chi connectivity index (χ0) is 19.4. The van der Waals surface area contributed by atoms with Crippen LogP contribution in [0.25, 0.3) is 0 Å². The van der Waals surface area contributed by atoms with Crippen molar-refractivity contribution in [3.05, 3.63) is 42.2 Å². The van der Waals surface area contributed by atoms with E-state index in [0.717, 1.165) is 22.3 Å². The van der Waals surface area contributed by atoms with Crippen molar-refractivity contribution in [2.75, 3.05) is 5.75 Å². The lowest BCUT2D eigenvalue weighted by Gasteiger charge is -2.21. The van der Waals surface area contributed by atoms with E-state index in [-0.39, 0.29) is 5.75 Å². The van der Waals surface area contributed by atoms with Gasteiger partial charge in [0.15, 0.2) is 5.16 Å². The van der Waals surface area contributed by atoms with E-state index in [4.69, 9.17) is 0 Å². The summed E-state index contributed by atoms with van der Waals surface area (Å²) < 4.78 is 1.67. The van der Waals surface area contributed by atoms with Crippen molar-refractivity contribution in [2.45, 2.75) is 30.5 Å². The lowest BCUT2D eigenvalue weighted by atomic mass is 9.93. The fourth-order valence-corrected chi connectivity index (χ4v) is 3.37. The molecule has 1 aromatic heterocycles. The van der Waals surface area contributed by atoms with Gasteiger partial charge in [-0.3, -0.25) is 15.0 Å². The van der Waals surface area contributed by atoms with Crippen molar-refractivity contribution in [1.29, 1.82) is 0 Å². The van der Waals surface area contributed by atoms with E-state index < -0.39 is 23.4 Å². The molecule has 0 radical (unpaired) electrons. The Morgan fingerprint density at radius 3 is 2.70 bits per heavy atom. The molecule has 1 aliphatic heterocycles. The van der Waals surface area contributed by atoms with E-state index in [0.29, 0.717) is 18.0 Å². The van der Waals surface area contributed by atoms with Gasteiger partial charge in [-0.15, -0.1) is 10.2 Å². The summed E-state index contributed by atoms with van der Waals surface area (Å²) in [6, 6.07) is 9.07. The van der Waals surface area contributed by atoms with Gasteiger partial charge in [-0.25, -0.2) is 4.79 Å². The first-order chi connectivity index (χ1) is 12.9. The van der Waals surface area contributed by atoms with E-state index in [1.165, 1.54) is 6.33 Å². The van der Waals surface area contributed by atoms with Crippen molar-refractivity contribution in [1.82, 2.24) is 30.5 Å². The number of rotatable bonds is 7. The number of aryl methyl sites for hydroxylation is 2. The van der Waals surface area contributed by atoms with Crippen LogP contribution in [0.15, 0.2) is 41.8 Å². The highest BCUT2D eigenvalue weighted by Gasteiger charge is 2.48. The molecule has 0 bridgehead atoms. The second kappa shape index (κ2) is 7.78. The first kappa shape index (κ1) is 18.9. The molecule has 0 saturated carbocycles. The molecule has 0 unspecified atom stereocenters. The highest BCUT2D eigenvalue weighted by Crippen LogP contribution is 2.22. The van der Waals surface area contributed by atoms with Crippen LogP contribution in [0.1, 0.15) is 18.9 Å². The van der Waals surface area contributed by atoms with Gasteiger partial charge >= 0.3 is 6.03 Å². The van der Waals surface area contributed by atoms with Crippen LogP contribution in [-0.4, -0.2) is 48.9 Å². The molecule has 2 aromatic rings. The highest BCUT2D eigenvalue weighted by molar-refractivity contribution is 7.99. The number of nitrogens with zero attached hydrogens (tertiary/aromatic N) is 4.